The number of halogens is 1. The van der Waals surface area contributed by atoms with E-state index in [1.54, 1.807) is 6.20 Å². The first-order chi connectivity index (χ1) is 8.81. The minimum Gasteiger partial charge on any atom is -0.492 e. The summed E-state index contributed by atoms with van der Waals surface area (Å²) in [5.74, 6) is 0.830. The third kappa shape index (κ3) is 3.31. The number of benzene rings is 1. The third-order valence-corrected chi connectivity index (χ3v) is 3.22. The normalized spacial score (nSPS) is 10.3. The van der Waals surface area contributed by atoms with Crippen LogP contribution in [0.4, 0.5) is 0 Å². The smallest absolute Gasteiger partial charge is 0.137 e. The second-order valence-corrected chi connectivity index (χ2v) is 4.71. The van der Waals surface area contributed by atoms with Gasteiger partial charge < -0.3 is 10.5 Å². The van der Waals surface area contributed by atoms with Crippen LogP contribution in [-0.4, -0.2) is 11.6 Å². The highest BCUT2D eigenvalue weighted by atomic mass is 79.9. The van der Waals surface area contributed by atoms with Crippen LogP contribution in [-0.2, 0) is 13.0 Å². The molecule has 0 spiro atoms. The Morgan fingerprint density at radius 1 is 1.17 bits per heavy atom. The highest BCUT2D eigenvalue weighted by Gasteiger charge is 2.06. The summed E-state index contributed by atoms with van der Waals surface area (Å²) in [4.78, 5) is 4.26. The summed E-state index contributed by atoms with van der Waals surface area (Å²) in [6.45, 7) is 1.06. The van der Waals surface area contributed by atoms with Crippen molar-refractivity contribution < 1.29 is 4.74 Å². The van der Waals surface area contributed by atoms with Crippen LogP contribution in [0.2, 0.25) is 0 Å². The van der Waals surface area contributed by atoms with Crippen molar-refractivity contribution in [3.8, 4) is 5.75 Å². The molecular formula is C14H15BrN2O. The van der Waals surface area contributed by atoms with Crippen molar-refractivity contribution >= 4 is 15.9 Å². The lowest BCUT2D eigenvalue weighted by Gasteiger charge is -2.12. The largest absolute Gasteiger partial charge is 0.492 e. The quantitative estimate of drug-likeness (QED) is 0.924. The van der Waals surface area contributed by atoms with E-state index < -0.39 is 0 Å². The van der Waals surface area contributed by atoms with E-state index in [1.165, 1.54) is 0 Å². The van der Waals surface area contributed by atoms with Crippen LogP contribution in [0.25, 0.3) is 0 Å². The van der Waals surface area contributed by atoms with Crippen molar-refractivity contribution in [2.75, 3.05) is 6.61 Å². The molecule has 0 saturated heterocycles. The van der Waals surface area contributed by atoms with Gasteiger partial charge in [0.15, 0.2) is 0 Å². The molecule has 3 nitrogen and oxygen atoms in total. The first-order valence-electron chi connectivity index (χ1n) is 5.81. The van der Waals surface area contributed by atoms with Crippen LogP contribution in [0, 0.1) is 0 Å². The Kier molecular flexibility index (Phi) is 4.73. The average Bonchev–Trinajstić information content (AvgIpc) is 2.41. The van der Waals surface area contributed by atoms with Crippen molar-refractivity contribution in [2.24, 2.45) is 5.73 Å². The number of ether oxygens (including phenoxy) is 1. The molecule has 0 aliphatic rings. The summed E-state index contributed by atoms with van der Waals surface area (Å²) < 4.78 is 6.73. The Hall–Kier alpha value is -1.39. The lowest BCUT2D eigenvalue weighted by Crippen LogP contribution is -2.07. The molecule has 4 heteroatoms. The molecule has 0 aliphatic heterocycles. The number of hydrogen-bond acceptors (Lipinski definition) is 3. The molecule has 0 radical (unpaired) electrons. The van der Waals surface area contributed by atoms with Gasteiger partial charge in [0, 0.05) is 30.4 Å². The number of hydrogen-bond donors (Lipinski definition) is 1. The summed E-state index contributed by atoms with van der Waals surface area (Å²) in [5.41, 5.74) is 7.72. The zero-order valence-electron chi connectivity index (χ0n) is 9.97. The van der Waals surface area contributed by atoms with Gasteiger partial charge in [-0.05, 0) is 34.1 Å². The topological polar surface area (TPSA) is 48.1 Å². The molecule has 1 aromatic heterocycles. The van der Waals surface area contributed by atoms with Crippen LogP contribution in [0.15, 0.2) is 47.1 Å². The fourth-order valence-electron chi connectivity index (χ4n) is 1.68. The molecular weight excluding hydrogens is 292 g/mol. The van der Waals surface area contributed by atoms with Crippen LogP contribution >= 0.6 is 15.9 Å². The van der Waals surface area contributed by atoms with Gasteiger partial charge in [0.2, 0.25) is 0 Å². The van der Waals surface area contributed by atoms with Gasteiger partial charge in [0.1, 0.15) is 5.75 Å². The molecule has 18 heavy (non-hydrogen) atoms. The summed E-state index contributed by atoms with van der Waals surface area (Å²) >= 11 is 3.48. The van der Waals surface area contributed by atoms with Crippen LogP contribution < -0.4 is 10.5 Å². The van der Waals surface area contributed by atoms with Crippen LogP contribution in [0.3, 0.4) is 0 Å². The Labute approximate surface area is 115 Å². The highest BCUT2D eigenvalue weighted by Crippen LogP contribution is 2.28. The maximum Gasteiger partial charge on any atom is 0.137 e. The Morgan fingerprint density at radius 2 is 2.06 bits per heavy atom. The van der Waals surface area contributed by atoms with Crippen molar-refractivity contribution in [1.29, 1.82) is 0 Å². The van der Waals surface area contributed by atoms with Gasteiger partial charge in [-0.3, -0.25) is 4.98 Å². The van der Waals surface area contributed by atoms with E-state index in [0.29, 0.717) is 13.2 Å². The Morgan fingerprint density at radius 3 is 2.78 bits per heavy atom. The minimum absolute atomic E-state index is 0.471. The van der Waals surface area contributed by atoms with E-state index in [-0.39, 0.29) is 0 Å². The molecule has 0 atom stereocenters. The van der Waals surface area contributed by atoms with E-state index >= 15 is 0 Å². The first-order valence-corrected chi connectivity index (χ1v) is 6.60. The van der Waals surface area contributed by atoms with Gasteiger partial charge in [-0.25, -0.2) is 0 Å². The molecule has 0 saturated carbocycles. The van der Waals surface area contributed by atoms with Crippen molar-refractivity contribution in [2.45, 2.75) is 13.0 Å². The number of para-hydroxylation sites is 1. The van der Waals surface area contributed by atoms with Gasteiger partial charge in [-0.2, -0.15) is 0 Å². The number of nitrogens with two attached hydrogens (primary N) is 1. The SMILES string of the molecule is NCc1cccc(Br)c1OCCc1ccccn1. The van der Waals surface area contributed by atoms with E-state index in [1.807, 2.05) is 36.4 Å². The first kappa shape index (κ1) is 13.1. The molecule has 2 aromatic rings. The molecule has 2 N–H and O–H groups in total. The van der Waals surface area contributed by atoms with Crippen LogP contribution in [0.1, 0.15) is 11.3 Å². The number of rotatable bonds is 5. The van der Waals surface area contributed by atoms with Crippen molar-refractivity contribution in [3.05, 3.63) is 58.3 Å². The Bertz CT molecular complexity index is 502. The third-order valence-electron chi connectivity index (χ3n) is 2.60. The molecule has 2 rings (SSSR count). The van der Waals surface area contributed by atoms with E-state index in [2.05, 4.69) is 20.9 Å². The fraction of sp³-hybridized carbons (Fsp3) is 0.214. The molecule has 1 heterocycles. The molecule has 0 aliphatic carbocycles. The number of nitrogens with zero attached hydrogens (tertiary/aromatic N) is 1. The highest BCUT2D eigenvalue weighted by molar-refractivity contribution is 9.10. The molecule has 1 aromatic carbocycles. The van der Waals surface area contributed by atoms with E-state index in [0.717, 1.165) is 27.9 Å². The maximum absolute atomic E-state index is 5.80. The lowest BCUT2D eigenvalue weighted by molar-refractivity contribution is 0.315. The van der Waals surface area contributed by atoms with Crippen molar-refractivity contribution in [1.82, 2.24) is 4.98 Å². The standard InChI is InChI=1S/C14H15BrN2O/c15-13-6-3-4-11(10-16)14(13)18-9-7-12-5-1-2-8-17-12/h1-6,8H,7,9-10,16H2. The lowest BCUT2D eigenvalue weighted by atomic mass is 10.2. The van der Waals surface area contributed by atoms with E-state index in [4.69, 9.17) is 10.5 Å². The predicted octanol–water partition coefficient (Wildman–Crippen LogP) is 2.92. The van der Waals surface area contributed by atoms with Crippen LogP contribution in [0.5, 0.6) is 5.75 Å². The maximum atomic E-state index is 5.80. The summed E-state index contributed by atoms with van der Waals surface area (Å²) in [6.07, 6.45) is 2.57. The minimum atomic E-state index is 0.471. The zero-order valence-corrected chi connectivity index (χ0v) is 11.6. The zero-order chi connectivity index (χ0) is 12.8. The van der Waals surface area contributed by atoms with Gasteiger partial charge in [0.25, 0.3) is 0 Å². The second-order valence-electron chi connectivity index (χ2n) is 3.85. The monoisotopic (exact) mass is 306 g/mol. The van der Waals surface area contributed by atoms with Gasteiger partial charge >= 0.3 is 0 Å². The molecule has 0 fully saturated rings. The summed E-state index contributed by atoms with van der Waals surface area (Å²) in [5, 5.41) is 0. The molecule has 94 valence electrons. The number of aromatic nitrogens is 1. The Balaban J connectivity index is 1.98. The van der Waals surface area contributed by atoms with Gasteiger partial charge in [-0.1, -0.05) is 18.2 Å². The van der Waals surface area contributed by atoms with E-state index in [9.17, 15) is 0 Å². The molecule has 0 unspecified atom stereocenters. The molecule has 0 amide bonds. The molecule has 0 bridgehead atoms. The second kappa shape index (κ2) is 6.52. The predicted molar refractivity (Wildman–Crippen MR) is 75.5 cm³/mol. The van der Waals surface area contributed by atoms with Gasteiger partial charge in [0.05, 0.1) is 11.1 Å². The number of pyridine rings is 1. The summed E-state index contributed by atoms with van der Waals surface area (Å²) in [6, 6.07) is 11.8. The average molecular weight is 307 g/mol. The summed E-state index contributed by atoms with van der Waals surface area (Å²) in [7, 11) is 0. The fourth-order valence-corrected chi connectivity index (χ4v) is 2.20. The van der Waals surface area contributed by atoms with Gasteiger partial charge in [-0.15, -0.1) is 0 Å². The van der Waals surface area contributed by atoms with Crippen molar-refractivity contribution in [3.63, 3.8) is 0 Å².